The average molecular weight is 306 g/mol. The number of phenolic OH excluding ortho intramolecular Hbond substituents is 1. The van der Waals surface area contributed by atoms with Crippen molar-refractivity contribution in [3.8, 4) is 5.75 Å². The van der Waals surface area contributed by atoms with Gasteiger partial charge in [-0.3, -0.25) is 15.5 Å². The molecule has 108 valence electrons. The van der Waals surface area contributed by atoms with Gasteiger partial charge in [-0.2, -0.15) is 5.10 Å². The molecule has 0 fully saturated rings. The van der Waals surface area contributed by atoms with Gasteiger partial charge < -0.3 is 5.11 Å². The van der Waals surface area contributed by atoms with Crippen LogP contribution in [0.5, 0.6) is 5.75 Å². The molecule has 0 aromatic heterocycles. The van der Waals surface area contributed by atoms with Crippen molar-refractivity contribution < 1.29 is 10.0 Å². The summed E-state index contributed by atoms with van der Waals surface area (Å²) in [5.74, 6) is -0.472. The molecule has 0 unspecified atom stereocenters. The summed E-state index contributed by atoms with van der Waals surface area (Å²) in [5.41, 5.74) is 4.30. The van der Waals surface area contributed by atoms with Crippen molar-refractivity contribution in [2.24, 2.45) is 5.10 Å². The number of hydrazone groups is 1. The number of hydrogen-bond acceptors (Lipinski definition) is 5. The van der Waals surface area contributed by atoms with Crippen LogP contribution in [0.1, 0.15) is 11.1 Å². The molecule has 2 aromatic rings. The van der Waals surface area contributed by atoms with E-state index >= 15 is 0 Å². The van der Waals surface area contributed by atoms with Crippen molar-refractivity contribution in [3.63, 3.8) is 0 Å². The zero-order valence-electron chi connectivity index (χ0n) is 11.1. The number of phenols is 1. The van der Waals surface area contributed by atoms with E-state index in [9.17, 15) is 15.2 Å². The van der Waals surface area contributed by atoms with E-state index in [0.29, 0.717) is 0 Å². The van der Waals surface area contributed by atoms with Gasteiger partial charge in [0.2, 0.25) is 5.75 Å². The van der Waals surface area contributed by atoms with Gasteiger partial charge in [0.15, 0.2) is 0 Å². The van der Waals surface area contributed by atoms with Crippen LogP contribution in [0.25, 0.3) is 0 Å². The minimum atomic E-state index is -0.701. The lowest BCUT2D eigenvalue weighted by Gasteiger charge is -2.04. The number of rotatable bonds is 4. The fourth-order valence-electron chi connectivity index (χ4n) is 1.71. The zero-order valence-corrected chi connectivity index (χ0v) is 11.8. The molecular weight excluding hydrogens is 294 g/mol. The quantitative estimate of drug-likeness (QED) is 0.512. The molecule has 2 rings (SSSR count). The predicted molar refractivity (Wildman–Crippen MR) is 82.2 cm³/mol. The highest BCUT2D eigenvalue weighted by atomic mass is 35.5. The third kappa shape index (κ3) is 3.49. The summed E-state index contributed by atoms with van der Waals surface area (Å²) in [5, 5.41) is 24.7. The SMILES string of the molecule is Cc1ccccc1N/N=C\c1cc(Cl)cc([N+](=O)[O-])c1O. The van der Waals surface area contributed by atoms with Crippen molar-refractivity contribution >= 4 is 29.2 Å². The van der Waals surface area contributed by atoms with Crippen LogP contribution in [0.15, 0.2) is 41.5 Å². The van der Waals surface area contributed by atoms with Crippen molar-refractivity contribution in [1.82, 2.24) is 0 Å². The first-order chi connectivity index (χ1) is 9.99. The molecule has 0 atom stereocenters. The monoisotopic (exact) mass is 305 g/mol. The molecule has 21 heavy (non-hydrogen) atoms. The zero-order chi connectivity index (χ0) is 15.4. The van der Waals surface area contributed by atoms with Gasteiger partial charge in [-0.25, -0.2) is 0 Å². The maximum Gasteiger partial charge on any atom is 0.312 e. The molecule has 0 radical (unpaired) electrons. The molecule has 7 heteroatoms. The molecule has 0 saturated heterocycles. The van der Waals surface area contributed by atoms with Gasteiger partial charge in [-0.05, 0) is 24.6 Å². The molecule has 0 bridgehead atoms. The maximum atomic E-state index is 10.8. The molecule has 0 amide bonds. The molecule has 0 spiro atoms. The molecule has 6 nitrogen and oxygen atoms in total. The Hall–Kier alpha value is -2.60. The van der Waals surface area contributed by atoms with E-state index in [1.54, 1.807) is 0 Å². The number of nitrogens with zero attached hydrogens (tertiary/aromatic N) is 2. The van der Waals surface area contributed by atoms with Crippen LogP contribution < -0.4 is 5.43 Å². The van der Waals surface area contributed by atoms with Crippen LogP contribution >= 0.6 is 11.6 Å². The smallest absolute Gasteiger partial charge is 0.312 e. The maximum absolute atomic E-state index is 10.8. The largest absolute Gasteiger partial charge is 0.502 e. The second kappa shape index (κ2) is 6.23. The molecule has 0 saturated carbocycles. The Morgan fingerprint density at radius 2 is 2.10 bits per heavy atom. The van der Waals surface area contributed by atoms with Gasteiger partial charge >= 0.3 is 5.69 Å². The summed E-state index contributed by atoms with van der Waals surface area (Å²) >= 11 is 5.79. The number of benzene rings is 2. The average Bonchev–Trinajstić information content (AvgIpc) is 2.44. The van der Waals surface area contributed by atoms with Crippen LogP contribution in [0.4, 0.5) is 11.4 Å². The summed E-state index contributed by atoms with van der Waals surface area (Å²) in [4.78, 5) is 10.1. The third-order valence-electron chi connectivity index (χ3n) is 2.81. The van der Waals surface area contributed by atoms with Crippen LogP contribution in [-0.2, 0) is 0 Å². The molecule has 0 aliphatic heterocycles. The van der Waals surface area contributed by atoms with Crippen molar-refractivity contribution in [1.29, 1.82) is 0 Å². The van der Waals surface area contributed by atoms with E-state index in [1.165, 1.54) is 12.3 Å². The first-order valence-corrected chi connectivity index (χ1v) is 6.38. The molecule has 2 aromatic carbocycles. The fraction of sp³-hybridized carbons (Fsp3) is 0.0714. The number of para-hydroxylation sites is 1. The number of hydrogen-bond donors (Lipinski definition) is 2. The summed E-state index contributed by atoms with van der Waals surface area (Å²) in [6, 6.07) is 9.99. The first kappa shape index (κ1) is 14.8. The standard InChI is InChI=1S/C14H12ClN3O3/c1-9-4-2-3-5-12(9)17-16-8-10-6-11(15)7-13(14(10)19)18(20)21/h2-8,17,19H,1H3/b16-8-. The summed E-state index contributed by atoms with van der Waals surface area (Å²) in [6.07, 6.45) is 1.28. The summed E-state index contributed by atoms with van der Waals surface area (Å²) in [7, 11) is 0. The van der Waals surface area contributed by atoms with Crippen molar-refractivity contribution in [2.75, 3.05) is 5.43 Å². The number of aromatic hydroxyl groups is 1. The van der Waals surface area contributed by atoms with Crippen LogP contribution in [0, 0.1) is 17.0 Å². The van der Waals surface area contributed by atoms with Gasteiger partial charge in [0.1, 0.15) is 0 Å². The molecule has 0 aliphatic carbocycles. The van der Waals surface area contributed by atoms with E-state index in [-0.39, 0.29) is 10.6 Å². The minimum absolute atomic E-state index is 0.150. The number of nitro groups is 1. The predicted octanol–water partition coefficient (Wildman–Crippen LogP) is 3.71. The lowest BCUT2D eigenvalue weighted by Crippen LogP contribution is -1.95. The minimum Gasteiger partial charge on any atom is -0.502 e. The van der Waals surface area contributed by atoms with Crippen LogP contribution in [0.3, 0.4) is 0 Å². The van der Waals surface area contributed by atoms with E-state index < -0.39 is 16.4 Å². The number of halogens is 1. The van der Waals surface area contributed by atoms with Crippen molar-refractivity contribution in [2.45, 2.75) is 6.92 Å². The lowest BCUT2D eigenvalue weighted by atomic mass is 10.2. The van der Waals surface area contributed by atoms with Gasteiger partial charge in [-0.1, -0.05) is 29.8 Å². The van der Waals surface area contributed by atoms with Gasteiger partial charge in [0, 0.05) is 16.7 Å². The Morgan fingerprint density at radius 3 is 2.76 bits per heavy atom. The highest BCUT2D eigenvalue weighted by Crippen LogP contribution is 2.32. The summed E-state index contributed by atoms with van der Waals surface area (Å²) in [6.45, 7) is 1.92. The van der Waals surface area contributed by atoms with Gasteiger partial charge in [0.05, 0.1) is 16.8 Å². The normalized spacial score (nSPS) is 10.8. The highest BCUT2D eigenvalue weighted by molar-refractivity contribution is 6.31. The van der Waals surface area contributed by atoms with E-state index in [0.717, 1.165) is 17.3 Å². The lowest BCUT2D eigenvalue weighted by molar-refractivity contribution is -0.385. The Morgan fingerprint density at radius 1 is 1.38 bits per heavy atom. The number of anilines is 1. The van der Waals surface area contributed by atoms with Crippen LogP contribution in [-0.4, -0.2) is 16.2 Å². The molecule has 0 aliphatic rings. The second-order valence-electron chi connectivity index (χ2n) is 4.30. The van der Waals surface area contributed by atoms with Gasteiger partial charge in [-0.15, -0.1) is 0 Å². The van der Waals surface area contributed by atoms with Crippen LogP contribution in [0.2, 0.25) is 5.02 Å². The molecule has 2 N–H and O–H groups in total. The number of nitro benzene ring substituents is 1. The number of nitrogens with one attached hydrogen (secondary N) is 1. The summed E-state index contributed by atoms with van der Waals surface area (Å²) < 4.78 is 0. The Balaban J connectivity index is 2.26. The fourth-order valence-corrected chi connectivity index (χ4v) is 1.93. The van der Waals surface area contributed by atoms with E-state index in [2.05, 4.69) is 10.5 Å². The highest BCUT2D eigenvalue weighted by Gasteiger charge is 2.17. The third-order valence-corrected chi connectivity index (χ3v) is 3.03. The Kier molecular flexibility index (Phi) is 4.39. The molecular formula is C14H12ClN3O3. The van der Waals surface area contributed by atoms with E-state index in [1.807, 2.05) is 31.2 Å². The Bertz CT molecular complexity index is 717. The topological polar surface area (TPSA) is 87.8 Å². The number of aryl methyl sites for hydroxylation is 1. The van der Waals surface area contributed by atoms with Crippen molar-refractivity contribution in [3.05, 3.63) is 62.7 Å². The second-order valence-corrected chi connectivity index (χ2v) is 4.74. The van der Waals surface area contributed by atoms with E-state index in [4.69, 9.17) is 11.6 Å². The Labute approximate surface area is 125 Å². The van der Waals surface area contributed by atoms with Gasteiger partial charge in [0.25, 0.3) is 0 Å². The molecule has 0 heterocycles. The first-order valence-electron chi connectivity index (χ1n) is 6.00.